The predicted molar refractivity (Wildman–Crippen MR) is 70.1 cm³/mol. The molecule has 0 amide bonds. The molecule has 0 bridgehead atoms. The summed E-state index contributed by atoms with van der Waals surface area (Å²) >= 11 is 0. The first kappa shape index (κ1) is 12.4. The lowest BCUT2D eigenvalue weighted by molar-refractivity contribution is 0.153. The molecule has 1 atom stereocenters. The molecule has 1 aromatic rings. The molecule has 0 radical (unpaired) electrons. The molecule has 2 N–H and O–H groups in total. The second-order valence-corrected chi connectivity index (χ2v) is 5.28. The minimum atomic E-state index is 0.0703. The van der Waals surface area contributed by atoms with Crippen molar-refractivity contribution in [3.05, 3.63) is 29.8 Å². The summed E-state index contributed by atoms with van der Waals surface area (Å²) in [5.74, 6) is 0.962. The molecule has 1 aliphatic rings. The van der Waals surface area contributed by atoms with Crippen LogP contribution in [0.2, 0.25) is 0 Å². The lowest BCUT2D eigenvalue weighted by atomic mass is 9.96. The number of ether oxygens (including phenoxy) is 1. The zero-order valence-electron chi connectivity index (χ0n) is 10.9. The average molecular weight is 234 g/mol. The van der Waals surface area contributed by atoms with E-state index < -0.39 is 0 Å². The number of rotatable bonds is 3. The summed E-state index contributed by atoms with van der Waals surface area (Å²) in [6, 6.07) is 8.46. The molecule has 2 rings (SSSR count). The quantitative estimate of drug-likeness (QED) is 0.869. The van der Waals surface area contributed by atoms with Gasteiger partial charge >= 0.3 is 0 Å². The van der Waals surface area contributed by atoms with E-state index in [-0.39, 0.29) is 11.6 Å². The molecule has 1 aliphatic heterocycles. The number of hydrogen-bond donors (Lipinski definition) is 1. The Morgan fingerprint density at radius 2 is 2.12 bits per heavy atom. The summed E-state index contributed by atoms with van der Waals surface area (Å²) in [5, 5.41) is 0. The smallest absolute Gasteiger partial charge is 0.123 e. The summed E-state index contributed by atoms with van der Waals surface area (Å²) < 4.78 is 5.39. The fourth-order valence-corrected chi connectivity index (χ4v) is 2.49. The average Bonchev–Trinajstić information content (AvgIpc) is 2.57. The van der Waals surface area contributed by atoms with E-state index in [1.54, 1.807) is 7.11 Å². The van der Waals surface area contributed by atoms with E-state index in [2.05, 4.69) is 30.9 Å². The van der Waals surface area contributed by atoms with Crippen molar-refractivity contribution < 1.29 is 4.74 Å². The number of nitrogens with two attached hydrogens (primary N) is 1. The standard InChI is InChI=1S/C14H22N2O/c1-14(2)13(15)8-9-16(14)10-11-6-4-5-7-12(11)17-3/h4-7,13H,8-10,15H2,1-3H3. The van der Waals surface area contributed by atoms with Crippen molar-refractivity contribution in [2.24, 2.45) is 5.73 Å². The van der Waals surface area contributed by atoms with Gasteiger partial charge in [0.25, 0.3) is 0 Å². The van der Waals surface area contributed by atoms with Crippen LogP contribution in [0, 0.1) is 0 Å². The highest BCUT2D eigenvalue weighted by Crippen LogP contribution is 2.31. The second-order valence-electron chi connectivity index (χ2n) is 5.28. The van der Waals surface area contributed by atoms with Crippen LogP contribution in [-0.2, 0) is 6.54 Å². The number of nitrogens with zero attached hydrogens (tertiary/aromatic N) is 1. The molecule has 0 aliphatic carbocycles. The molecule has 0 saturated carbocycles. The minimum absolute atomic E-state index is 0.0703. The normalized spacial score (nSPS) is 23.9. The topological polar surface area (TPSA) is 38.5 Å². The largest absolute Gasteiger partial charge is 0.496 e. The second kappa shape index (κ2) is 4.67. The van der Waals surface area contributed by atoms with Gasteiger partial charge in [0.15, 0.2) is 0 Å². The summed E-state index contributed by atoms with van der Waals surface area (Å²) in [7, 11) is 1.72. The highest BCUT2D eigenvalue weighted by Gasteiger charge is 2.38. The van der Waals surface area contributed by atoms with Crippen LogP contribution in [0.15, 0.2) is 24.3 Å². The van der Waals surface area contributed by atoms with Gasteiger partial charge in [-0.15, -0.1) is 0 Å². The van der Waals surface area contributed by atoms with Crippen LogP contribution in [0.3, 0.4) is 0 Å². The highest BCUT2D eigenvalue weighted by molar-refractivity contribution is 5.33. The summed E-state index contributed by atoms with van der Waals surface area (Å²) in [6.45, 7) is 6.41. The number of methoxy groups -OCH3 is 1. The molecule has 0 aromatic heterocycles. The van der Waals surface area contributed by atoms with Crippen molar-refractivity contribution in [1.29, 1.82) is 0 Å². The molecular formula is C14H22N2O. The molecule has 1 heterocycles. The summed E-state index contributed by atoms with van der Waals surface area (Å²) in [6.07, 6.45) is 1.07. The van der Waals surface area contributed by atoms with Crippen LogP contribution in [0.1, 0.15) is 25.8 Å². The van der Waals surface area contributed by atoms with Crippen molar-refractivity contribution in [2.45, 2.75) is 38.4 Å². The lowest BCUT2D eigenvalue weighted by Gasteiger charge is -2.34. The van der Waals surface area contributed by atoms with Gasteiger partial charge in [-0.3, -0.25) is 4.90 Å². The van der Waals surface area contributed by atoms with Gasteiger partial charge in [0.2, 0.25) is 0 Å². The predicted octanol–water partition coefficient (Wildman–Crippen LogP) is 2.01. The number of para-hydroxylation sites is 1. The van der Waals surface area contributed by atoms with E-state index in [1.165, 1.54) is 5.56 Å². The zero-order chi connectivity index (χ0) is 12.5. The van der Waals surface area contributed by atoms with Gasteiger partial charge < -0.3 is 10.5 Å². The Morgan fingerprint density at radius 3 is 2.71 bits per heavy atom. The van der Waals surface area contributed by atoms with E-state index in [9.17, 15) is 0 Å². The van der Waals surface area contributed by atoms with E-state index in [4.69, 9.17) is 10.5 Å². The number of likely N-dealkylation sites (tertiary alicyclic amines) is 1. The molecule has 1 fully saturated rings. The number of benzene rings is 1. The third kappa shape index (κ3) is 2.31. The van der Waals surface area contributed by atoms with E-state index >= 15 is 0 Å². The maximum Gasteiger partial charge on any atom is 0.123 e. The lowest BCUT2D eigenvalue weighted by Crippen LogP contribution is -2.48. The Balaban J connectivity index is 2.16. The molecule has 17 heavy (non-hydrogen) atoms. The first-order chi connectivity index (χ1) is 8.05. The van der Waals surface area contributed by atoms with Gasteiger partial charge in [0.1, 0.15) is 5.75 Å². The fourth-order valence-electron chi connectivity index (χ4n) is 2.49. The van der Waals surface area contributed by atoms with Gasteiger partial charge in [-0.05, 0) is 26.3 Å². The SMILES string of the molecule is COc1ccccc1CN1CCC(N)C1(C)C. The van der Waals surface area contributed by atoms with Crippen LogP contribution in [0.5, 0.6) is 5.75 Å². The Labute approximate surface area is 104 Å². The van der Waals surface area contributed by atoms with E-state index in [0.717, 1.165) is 25.3 Å². The van der Waals surface area contributed by atoms with Crippen LogP contribution in [0.4, 0.5) is 0 Å². The minimum Gasteiger partial charge on any atom is -0.496 e. The Kier molecular flexibility index (Phi) is 3.40. The molecule has 3 nitrogen and oxygen atoms in total. The van der Waals surface area contributed by atoms with Gasteiger partial charge in [0.05, 0.1) is 7.11 Å². The van der Waals surface area contributed by atoms with Crippen LogP contribution < -0.4 is 10.5 Å². The Hall–Kier alpha value is -1.06. The first-order valence-corrected chi connectivity index (χ1v) is 6.18. The Morgan fingerprint density at radius 1 is 1.41 bits per heavy atom. The van der Waals surface area contributed by atoms with Crippen molar-refractivity contribution in [2.75, 3.05) is 13.7 Å². The highest BCUT2D eigenvalue weighted by atomic mass is 16.5. The zero-order valence-corrected chi connectivity index (χ0v) is 10.9. The monoisotopic (exact) mass is 234 g/mol. The Bertz CT molecular complexity index is 390. The van der Waals surface area contributed by atoms with Crippen molar-refractivity contribution in [1.82, 2.24) is 4.90 Å². The summed E-state index contributed by atoms with van der Waals surface area (Å²) in [5.41, 5.74) is 7.46. The molecule has 1 saturated heterocycles. The fraction of sp³-hybridized carbons (Fsp3) is 0.571. The maximum absolute atomic E-state index is 6.15. The van der Waals surface area contributed by atoms with Gasteiger partial charge in [-0.1, -0.05) is 18.2 Å². The van der Waals surface area contributed by atoms with Crippen LogP contribution in [-0.4, -0.2) is 30.1 Å². The van der Waals surface area contributed by atoms with Crippen molar-refractivity contribution in [3.8, 4) is 5.75 Å². The molecule has 1 aromatic carbocycles. The van der Waals surface area contributed by atoms with E-state index in [1.807, 2.05) is 12.1 Å². The maximum atomic E-state index is 6.15. The van der Waals surface area contributed by atoms with Crippen LogP contribution in [0.25, 0.3) is 0 Å². The van der Waals surface area contributed by atoms with Crippen molar-refractivity contribution in [3.63, 3.8) is 0 Å². The molecular weight excluding hydrogens is 212 g/mol. The molecule has 3 heteroatoms. The number of hydrogen-bond acceptors (Lipinski definition) is 3. The molecule has 94 valence electrons. The third-order valence-corrected chi connectivity index (χ3v) is 3.99. The van der Waals surface area contributed by atoms with Gasteiger partial charge in [-0.2, -0.15) is 0 Å². The van der Waals surface area contributed by atoms with E-state index in [0.29, 0.717) is 0 Å². The molecule has 0 spiro atoms. The summed E-state index contributed by atoms with van der Waals surface area (Å²) in [4.78, 5) is 2.44. The van der Waals surface area contributed by atoms with Gasteiger partial charge in [-0.25, -0.2) is 0 Å². The first-order valence-electron chi connectivity index (χ1n) is 6.18. The van der Waals surface area contributed by atoms with Crippen LogP contribution >= 0.6 is 0 Å². The van der Waals surface area contributed by atoms with Crippen molar-refractivity contribution >= 4 is 0 Å². The third-order valence-electron chi connectivity index (χ3n) is 3.99. The molecule has 1 unspecified atom stereocenters. The van der Waals surface area contributed by atoms with Gasteiger partial charge in [0, 0.05) is 30.2 Å².